The molecule has 1 amide bonds. The average Bonchev–Trinajstić information content (AvgIpc) is 3.46. The molecule has 5 rings (SSSR count). The number of aryl methyl sites for hydroxylation is 1. The lowest BCUT2D eigenvalue weighted by molar-refractivity contribution is -0.140. The van der Waals surface area contributed by atoms with Crippen LogP contribution in [-0.2, 0) is 4.79 Å². The molecule has 1 unspecified atom stereocenters. The smallest absolute Gasteiger partial charge is 0.241 e. The van der Waals surface area contributed by atoms with Crippen molar-refractivity contribution >= 4 is 17.4 Å². The van der Waals surface area contributed by atoms with Crippen molar-refractivity contribution in [1.29, 1.82) is 0 Å². The molecule has 3 fully saturated rings. The van der Waals surface area contributed by atoms with Gasteiger partial charge < -0.3 is 15.5 Å². The van der Waals surface area contributed by atoms with Gasteiger partial charge in [-0.25, -0.2) is 14.5 Å². The molecule has 3 aliphatic rings. The lowest BCUT2D eigenvalue weighted by Gasteiger charge is -2.37. The van der Waals surface area contributed by atoms with Gasteiger partial charge in [0.2, 0.25) is 5.91 Å². The van der Waals surface area contributed by atoms with Gasteiger partial charge in [-0.1, -0.05) is 0 Å². The van der Waals surface area contributed by atoms with Gasteiger partial charge in [0.25, 0.3) is 0 Å². The van der Waals surface area contributed by atoms with Crippen LogP contribution in [0.3, 0.4) is 0 Å². The van der Waals surface area contributed by atoms with E-state index in [1.54, 1.807) is 0 Å². The lowest BCUT2D eigenvalue weighted by atomic mass is 9.98. The maximum atomic E-state index is 13.3. The third-order valence-electron chi connectivity index (χ3n) is 6.81. The van der Waals surface area contributed by atoms with E-state index in [-0.39, 0.29) is 24.0 Å². The number of carbonyl (C=O) groups excluding carboxylic acids is 1. The number of likely N-dealkylation sites (N-methyl/N-ethyl adjacent to an activating group) is 1. The third kappa shape index (κ3) is 3.44. The first kappa shape index (κ1) is 19.7. The number of hydrogen-bond donors (Lipinski definition) is 2. The van der Waals surface area contributed by atoms with Crippen LogP contribution in [0.1, 0.15) is 49.4 Å². The van der Waals surface area contributed by atoms with E-state index in [0.717, 1.165) is 81.0 Å². The number of nitrogens with one attached hydrogen (secondary N) is 1. The number of nitrogens with two attached hydrogens (primary N) is 1. The molecule has 3 saturated heterocycles. The monoisotopic (exact) mass is 412 g/mol. The molecule has 2 aromatic rings. The summed E-state index contributed by atoms with van der Waals surface area (Å²) in [6.45, 7) is 5.52. The predicted octanol–water partition coefficient (Wildman–Crippen LogP) is 0.837. The maximum Gasteiger partial charge on any atom is 0.241 e. The highest BCUT2D eigenvalue weighted by Gasteiger charge is 2.37. The Morgan fingerprint density at radius 1 is 1.23 bits per heavy atom. The van der Waals surface area contributed by atoms with E-state index in [4.69, 9.17) is 15.8 Å². The second-order valence-corrected chi connectivity index (χ2v) is 8.98. The summed E-state index contributed by atoms with van der Waals surface area (Å²) in [5.41, 5.74) is 12.2. The van der Waals surface area contributed by atoms with Gasteiger partial charge in [0.05, 0.1) is 11.7 Å². The third-order valence-corrected chi connectivity index (χ3v) is 6.81. The van der Waals surface area contributed by atoms with Crippen molar-refractivity contribution in [2.24, 2.45) is 5.73 Å². The number of fused-ring (bicyclic) bond motifs is 1. The zero-order valence-electron chi connectivity index (χ0n) is 17.9. The van der Waals surface area contributed by atoms with Gasteiger partial charge in [0.15, 0.2) is 5.65 Å². The van der Waals surface area contributed by atoms with E-state index in [9.17, 15) is 4.79 Å². The summed E-state index contributed by atoms with van der Waals surface area (Å²) in [6.07, 6.45) is 7.02. The fraction of sp³-hybridized carbons (Fsp3) is 0.667. The van der Waals surface area contributed by atoms with E-state index in [1.165, 1.54) is 0 Å². The summed E-state index contributed by atoms with van der Waals surface area (Å²) < 4.78 is 1.87. The minimum atomic E-state index is -0.0889. The van der Waals surface area contributed by atoms with Crippen LogP contribution < -0.4 is 16.1 Å². The molecule has 162 valence electrons. The van der Waals surface area contributed by atoms with E-state index in [2.05, 4.69) is 29.5 Å². The molecule has 9 heteroatoms. The summed E-state index contributed by atoms with van der Waals surface area (Å²) in [5.74, 6) is 1.21. The fourth-order valence-electron chi connectivity index (χ4n) is 5.15. The summed E-state index contributed by atoms with van der Waals surface area (Å²) in [6, 6.07) is 2.21. The molecule has 2 aromatic heterocycles. The molecule has 3 N–H and O–H groups in total. The van der Waals surface area contributed by atoms with E-state index in [1.807, 2.05) is 21.5 Å². The molecular weight excluding hydrogens is 380 g/mol. The number of likely N-dealkylation sites (tertiary alicyclic amines) is 1. The minimum absolute atomic E-state index is 0.0194. The Balaban J connectivity index is 1.44. The van der Waals surface area contributed by atoms with Crippen LogP contribution in [0.2, 0.25) is 0 Å². The Morgan fingerprint density at radius 3 is 2.83 bits per heavy atom. The molecular formula is C21H32N8O. The Hall–Kier alpha value is -2.23. The highest BCUT2D eigenvalue weighted by atomic mass is 16.2. The van der Waals surface area contributed by atoms with Gasteiger partial charge in [0.1, 0.15) is 11.9 Å². The van der Waals surface area contributed by atoms with Crippen LogP contribution in [0.4, 0.5) is 5.82 Å². The molecule has 3 atom stereocenters. The normalized spacial score (nSPS) is 28.0. The summed E-state index contributed by atoms with van der Waals surface area (Å²) >= 11 is 0. The SMILES string of the molecule is Cc1cn2nc([C@@H]3CCCCN3C(=O)C3CCNN3C)cc2nc1N1CC[C@H](N)C1. The highest BCUT2D eigenvalue weighted by molar-refractivity contribution is 5.82. The number of nitrogens with zero attached hydrogens (tertiary/aromatic N) is 6. The molecule has 30 heavy (non-hydrogen) atoms. The first-order chi connectivity index (χ1) is 14.5. The van der Waals surface area contributed by atoms with Crippen molar-refractivity contribution in [3.63, 3.8) is 0 Å². The largest absolute Gasteiger partial charge is 0.355 e. The number of carbonyl (C=O) groups is 1. The first-order valence-electron chi connectivity index (χ1n) is 11.2. The van der Waals surface area contributed by atoms with Crippen LogP contribution in [-0.4, -0.2) is 75.7 Å². The number of hydrogen-bond acceptors (Lipinski definition) is 7. The molecule has 0 spiro atoms. The van der Waals surface area contributed by atoms with Crippen molar-refractivity contribution < 1.29 is 4.79 Å². The van der Waals surface area contributed by atoms with Gasteiger partial charge in [-0.05, 0) is 39.0 Å². The number of aromatic nitrogens is 3. The van der Waals surface area contributed by atoms with Crippen molar-refractivity contribution in [2.45, 2.75) is 57.2 Å². The highest BCUT2D eigenvalue weighted by Crippen LogP contribution is 2.33. The predicted molar refractivity (Wildman–Crippen MR) is 115 cm³/mol. The Morgan fingerprint density at radius 2 is 2.10 bits per heavy atom. The zero-order chi connectivity index (χ0) is 20.8. The molecule has 0 saturated carbocycles. The number of amides is 1. The van der Waals surface area contributed by atoms with Crippen LogP contribution in [0, 0.1) is 6.92 Å². The van der Waals surface area contributed by atoms with Crippen molar-refractivity contribution in [3.05, 3.63) is 23.5 Å². The standard InChI is InChI=1S/C21H32N8O/c1-14-12-29-19(24-20(14)27-10-7-15(22)13-27)11-16(25-29)17-5-3-4-9-28(17)21(30)18-6-8-23-26(18)2/h11-12,15,17-18,23H,3-10,13,22H2,1-2H3/t15-,17-,18?/m0/s1. The van der Waals surface area contributed by atoms with Gasteiger partial charge in [-0.3, -0.25) is 10.2 Å². The van der Waals surface area contributed by atoms with Crippen molar-refractivity contribution in [3.8, 4) is 0 Å². The molecule has 9 nitrogen and oxygen atoms in total. The second kappa shape index (κ2) is 7.79. The molecule has 0 radical (unpaired) electrons. The van der Waals surface area contributed by atoms with Gasteiger partial charge in [-0.2, -0.15) is 5.10 Å². The van der Waals surface area contributed by atoms with Gasteiger partial charge >= 0.3 is 0 Å². The number of piperidine rings is 1. The maximum absolute atomic E-state index is 13.3. The topological polar surface area (TPSA) is 95.0 Å². The summed E-state index contributed by atoms with van der Waals surface area (Å²) in [4.78, 5) is 22.5. The molecule has 5 heterocycles. The average molecular weight is 413 g/mol. The minimum Gasteiger partial charge on any atom is -0.355 e. The number of hydrazine groups is 1. The van der Waals surface area contributed by atoms with Gasteiger partial charge in [-0.15, -0.1) is 0 Å². The van der Waals surface area contributed by atoms with Crippen LogP contribution in [0.5, 0.6) is 0 Å². The van der Waals surface area contributed by atoms with E-state index in [0.29, 0.717) is 0 Å². The summed E-state index contributed by atoms with van der Waals surface area (Å²) in [5, 5.41) is 6.80. The number of rotatable bonds is 3. The quantitative estimate of drug-likeness (QED) is 0.771. The van der Waals surface area contributed by atoms with Crippen LogP contribution >= 0.6 is 0 Å². The van der Waals surface area contributed by atoms with E-state index < -0.39 is 0 Å². The molecule has 0 aliphatic carbocycles. The van der Waals surface area contributed by atoms with Gasteiger partial charge in [0, 0.05) is 57.1 Å². The van der Waals surface area contributed by atoms with Crippen molar-refractivity contribution in [1.82, 2.24) is 29.9 Å². The second-order valence-electron chi connectivity index (χ2n) is 8.98. The molecule has 0 bridgehead atoms. The van der Waals surface area contributed by atoms with Crippen LogP contribution in [0.15, 0.2) is 12.3 Å². The molecule has 0 aromatic carbocycles. The van der Waals surface area contributed by atoms with Crippen LogP contribution in [0.25, 0.3) is 5.65 Å². The Kier molecular flexibility index (Phi) is 5.12. The Bertz CT molecular complexity index is 942. The lowest BCUT2D eigenvalue weighted by Crippen LogP contribution is -2.49. The summed E-state index contributed by atoms with van der Waals surface area (Å²) in [7, 11) is 1.96. The molecule has 3 aliphatic heterocycles. The Labute approximate surface area is 177 Å². The number of anilines is 1. The zero-order valence-corrected chi connectivity index (χ0v) is 17.9. The fourth-order valence-corrected chi connectivity index (χ4v) is 5.15. The van der Waals surface area contributed by atoms with E-state index >= 15 is 0 Å². The first-order valence-corrected chi connectivity index (χ1v) is 11.2. The van der Waals surface area contributed by atoms with Crippen molar-refractivity contribution in [2.75, 3.05) is 38.1 Å².